The van der Waals surface area contributed by atoms with Crippen LogP contribution in [0.3, 0.4) is 0 Å². The summed E-state index contributed by atoms with van der Waals surface area (Å²) >= 11 is 0. The number of hydrogen-bond donors (Lipinski definition) is 3. The molecule has 21 heavy (non-hydrogen) atoms. The zero-order valence-corrected chi connectivity index (χ0v) is 12.3. The standard InChI is InChI=1S/C15H19N3O3/c1-10-8-13(11(2)21-10)15(3,20)9-17-14(19)18-12-4-6-16-7-5-12/h4-8,20H,9H2,1-3H3,(H2,16,17,18,19). The van der Waals surface area contributed by atoms with Crippen molar-refractivity contribution in [3.63, 3.8) is 0 Å². The van der Waals surface area contributed by atoms with Gasteiger partial charge in [-0.15, -0.1) is 0 Å². The van der Waals surface area contributed by atoms with Crippen molar-refractivity contribution < 1.29 is 14.3 Å². The predicted octanol–water partition coefficient (Wildman–Crippen LogP) is 2.32. The number of pyridine rings is 1. The third-order valence-electron chi connectivity index (χ3n) is 3.15. The summed E-state index contributed by atoms with van der Waals surface area (Å²) in [6.07, 6.45) is 3.17. The van der Waals surface area contributed by atoms with E-state index in [1.54, 1.807) is 44.4 Å². The maximum Gasteiger partial charge on any atom is 0.319 e. The minimum atomic E-state index is -1.20. The van der Waals surface area contributed by atoms with Crippen LogP contribution in [0.5, 0.6) is 0 Å². The molecule has 2 aromatic rings. The molecule has 0 spiro atoms. The lowest BCUT2D eigenvalue weighted by molar-refractivity contribution is 0.0584. The van der Waals surface area contributed by atoms with Crippen LogP contribution in [0.2, 0.25) is 0 Å². The number of urea groups is 1. The van der Waals surface area contributed by atoms with E-state index in [1.807, 2.05) is 6.92 Å². The quantitative estimate of drug-likeness (QED) is 0.806. The van der Waals surface area contributed by atoms with E-state index in [-0.39, 0.29) is 12.6 Å². The number of anilines is 1. The number of nitrogens with zero attached hydrogens (tertiary/aromatic N) is 1. The van der Waals surface area contributed by atoms with Crippen molar-refractivity contribution in [3.8, 4) is 0 Å². The number of carbonyl (C=O) groups is 1. The summed E-state index contributed by atoms with van der Waals surface area (Å²) < 4.78 is 5.41. The molecule has 2 amide bonds. The van der Waals surface area contributed by atoms with Gasteiger partial charge in [-0.1, -0.05) is 0 Å². The van der Waals surface area contributed by atoms with Gasteiger partial charge in [-0.3, -0.25) is 4.98 Å². The Bertz CT molecular complexity index is 620. The number of aliphatic hydroxyl groups is 1. The van der Waals surface area contributed by atoms with Gasteiger partial charge in [-0.25, -0.2) is 4.79 Å². The van der Waals surface area contributed by atoms with Gasteiger partial charge in [-0.05, 0) is 39.0 Å². The van der Waals surface area contributed by atoms with E-state index in [9.17, 15) is 9.90 Å². The first-order valence-corrected chi connectivity index (χ1v) is 6.63. The van der Waals surface area contributed by atoms with Crippen molar-refractivity contribution in [2.75, 3.05) is 11.9 Å². The summed E-state index contributed by atoms with van der Waals surface area (Å²) in [4.78, 5) is 15.7. The van der Waals surface area contributed by atoms with E-state index in [4.69, 9.17) is 4.42 Å². The highest BCUT2D eigenvalue weighted by molar-refractivity contribution is 5.89. The minimum Gasteiger partial charge on any atom is -0.466 e. The van der Waals surface area contributed by atoms with Crippen molar-refractivity contribution in [1.29, 1.82) is 0 Å². The molecule has 0 radical (unpaired) electrons. The van der Waals surface area contributed by atoms with Crippen LogP contribution < -0.4 is 10.6 Å². The zero-order valence-electron chi connectivity index (χ0n) is 12.3. The van der Waals surface area contributed by atoms with Crippen LogP contribution in [0, 0.1) is 13.8 Å². The monoisotopic (exact) mass is 289 g/mol. The molecule has 2 heterocycles. The molecule has 0 saturated carbocycles. The molecule has 0 aliphatic rings. The average molecular weight is 289 g/mol. The Balaban J connectivity index is 1.95. The lowest BCUT2D eigenvalue weighted by atomic mass is 9.96. The van der Waals surface area contributed by atoms with E-state index in [0.29, 0.717) is 17.0 Å². The van der Waals surface area contributed by atoms with Crippen molar-refractivity contribution in [2.24, 2.45) is 0 Å². The normalized spacial score (nSPS) is 13.5. The zero-order chi connectivity index (χ0) is 15.5. The van der Waals surface area contributed by atoms with Crippen LogP contribution >= 0.6 is 0 Å². The van der Waals surface area contributed by atoms with E-state index in [0.717, 1.165) is 5.76 Å². The van der Waals surface area contributed by atoms with Crippen LogP contribution in [0.25, 0.3) is 0 Å². The first kappa shape index (κ1) is 15.1. The van der Waals surface area contributed by atoms with Crippen LogP contribution in [0.1, 0.15) is 24.0 Å². The summed E-state index contributed by atoms with van der Waals surface area (Å²) in [5.74, 6) is 1.37. The molecule has 6 heteroatoms. The molecule has 2 rings (SSSR count). The topological polar surface area (TPSA) is 87.4 Å². The number of amides is 2. The van der Waals surface area contributed by atoms with Gasteiger partial charge in [0.25, 0.3) is 0 Å². The first-order valence-electron chi connectivity index (χ1n) is 6.63. The molecule has 0 saturated heterocycles. The Morgan fingerprint density at radius 3 is 2.62 bits per heavy atom. The third kappa shape index (κ3) is 3.82. The second kappa shape index (κ2) is 5.97. The van der Waals surface area contributed by atoms with E-state index in [1.165, 1.54) is 0 Å². The number of carbonyl (C=O) groups excluding carboxylic acids is 1. The highest BCUT2D eigenvalue weighted by Gasteiger charge is 2.28. The average Bonchev–Trinajstić information content (AvgIpc) is 2.78. The van der Waals surface area contributed by atoms with Crippen LogP contribution in [0.4, 0.5) is 10.5 Å². The minimum absolute atomic E-state index is 0.0731. The Morgan fingerprint density at radius 1 is 1.38 bits per heavy atom. The summed E-state index contributed by atoms with van der Waals surface area (Å²) in [6.45, 7) is 5.31. The highest BCUT2D eigenvalue weighted by atomic mass is 16.3. The summed E-state index contributed by atoms with van der Waals surface area (Å²) in [6, 6.07) is 4.75. The Labute approximate surface area is 123 Å². The van der Waals surface area contributed by atoms with Crippen molar-refractivity contribution >= 4 is 11.7 Å². The molecule has 0 fully saturated rings. The second-order valence-corrected chi connectivity index (χ2v) is 5.14. The lowest BCUT2D eigenvalue weighted by Gasteiger charge is -2.23. The van der Waals surface area contributed by atoms with Crippen LogP contribution in [-0.4, -0.2) is 22.7 Å². The number of aromatic nitrogens is 1. The Kier molecular flexibility index (Phi) is 4.28. The third-order valence-corrected chi connectivity index (χ3v) is 3.15. The van der Waals surface area contributed by atoms with Crippen molar-refractivity contribution in [3.05, 3.63) is 47.7 Å². The van der Waals surface area contributed by atoms with E-state index < -0.39 is 5.60 Å². The lowest BCUT2D eigenvalue weighted by Crippen LogP contribution is -2.40. The smallest absolute Gasteiger partial charge is 0.319 e. The van der Waals surface area contributed by atoms with Gasteiger partial charge in [0.1, 0.15) is 17.1 Å². The van der Waals surface area contributed by atoms with Gasteiger partial charge < -0.3 is 20.2 Å². The fourth-order valence-corrected chi connectivity index (χ4v) is 2.12. The van der Waals surface area contributed by atoms with Gasteiger partial charge in [0.15, 0.2) is 0 Å². The predicted molar refractivity (Wildman–Crippen MR) is 79.0 cm³/mol. The summed E-state index contributed by atoms with van der Waals surface area (Å²) in [5.41, 5.74) is 0.110. The molecule has 1 atom stereocenters. The fourth-order valence-electron chi connectivity index (χ4n) is 2.12. The second-order valence-electron chi connectivity index (χ2n) is 5.14. The Morgan fingerprint density at radius 2 is 2.05 bits per heavy atom. The molecular weight excluding hydrogens is 270 g/mol. The molecule has 1 unspecified atom stereocenters. The van der Waals surface area contributed by atoms with Gasteiger partial charge in [0.05, 0.1) is 6.54 Å². The van der Waals surface area contributed by atoms with Crippen molar-refractivity contribution in [2.45, 2.75) is 26.4 Å². The Hall–Kier alpha value is -2.34. The molecule has 112 valence electrons. The van der Waals surface area contributed by atoms with Crippen LogP contribution in [0.15, 0.2) is 35.0 Å². The number of nitrogens with one attached hydrogen (secondary N) is 2. The molecule has 0 aliphatic carbocycles. The number of aryl methyl sites for hydroxylation is 2. The number of rotatable bonds is 4. The first-order chi connectivity index (χ1) is 9.88. The highest BCUT2D eigenvalue weighted by Crippen LogP contribution is 2.26. The van der Waals surface area contributed by atoms with Gasteiger partial charge in [0.2, 0.25) is 0 Å². The molecular formula is C15H19N3O3. The van der Waals surface area contributed by atoms with Gasteiger partial charge in [0, 0.05) is 23.6 Å². The molecule has 0 bridgehead atoms. The molecule has 2 aromatic heterocycles. The number of furan rings is 1. The van der Waals surface area contributed by atoms with Gasteiger partial charge in [-0.2, -0.15) is 0 Å². The van der Waals surface area contributed by atoms with E-state index in [2.05, 4.69) is 15.6 Å². The summed E-state index contributed by atoms with van der Waals surface area (Å²) in [7, 11) is 0. The molecule has 0 aliphatic heterocycles. The fraction of sp³-hybridized carbons (Fsp3) is 0.333. The number of hydrogen-bond acceptors (Lipinski definition) is 4. The SMILES string of the molecule is Cc1cc(C(C)(O)CNC(=O)Nc2ccncc2)c(C)o1. The van der Waals surface area contributed by atoms with Gasteiger partial charge >= 0.3 is 6.03 Å². The summed E-state index contributed by atoms with van der Waals surface area (Å²) in [5, 5.41) is 15.8. The molecule has 0 aromatic carbocycles. The van der Waals surface area contributed by atoms with Crippen LogP contribution in [-0.2, 0) is 5.60 Å². The molecule has 6 nitrogen and oxygen atoms in total. The van der Waals surface area contributed by atoms with E-state index >= 15 is 0 Å². The molecule has 3 N–H and O–H groups in total. The maximum atomic E-state index is 11.8. The largest absolute Gasteiger partial charge is 0.466 e. The maximum absolute atomic E-state index is 11.8. The van der Waals surface area contributed by atoms with Crippen molar-refractivity contribution in [1.82, 2.24) is 10.3 Å².